The molecule has 1 fully saturated rings. The Morgan fingerprint density at radius 3 is 2.84 bits per heavy atom. The highest BCUT2D eigenvalue weighted by Gasteiger charge is 2.23. The van der Waals surface area contributed by atoms with E-state index >= 15 is 0 Å². The summed E-state index contributed by atoms with van der Waals surface area (Å²) in [6.45, 7) is 8.33. The van der Waals surface area contributed by atoms with Gasteiger partial charge in [-0.3, -0.25) is 0 Å². The molecule has 2 N–H and O–H groups in total. The maximum absolute atomic E-state index is 13.8. The van der Waals surface area contributed by atoms with Gasteiger partial charge in [0, 0.05) is 12.0 Å². The lowest BCUT2D eigenvalue weighted by Gasteiger charge is -2.26. The van der Waals surface area contributed by atoms with Crippen LogP contribution in [-0.4, -0.2) is 26.2 Å². The number of benzene rings is 1. The summed E-state index contributed by atoms with van der Waals surface area (Å²) < 4.78 is 13.8. The molecule has 0 bridgehead atoms. The maximum atomic E-state index is 13.8. The Labute approximate surface area is 115 Å². The Balaban J connectivity index is 1.79. The molecule has 1 saturated heterocycles. The van der Waals surface area contributed by atoms with Crippen molar-refractivity contribution in [3.8, 4) is 0 Å². The number of nitrogens with one attached hydrogen (secondary N) is 2. The van der Waals surface area contributed by atoms with Gasteiger partial charge in [-0.15, -0.1) is 0 Å². The molecule has 19 heavy (non-hydrogen) atoms. The first kappa shape index (κ1) is 14.5. The fraction of sp³-hybridized carbons (Fsp3) is 0.625. The summed E-state index contributed by atoms with van der Waals surface area (Å²) in [7, 11) is 0. The largest absolute Gasteiger partial charge is 0.316 e. The van der Waals surface area contributed by atoms with Crippen LogP contribution < -0.4 is 10.6 Å². The lowest BCUT2D eigenvalue weighted by molar-refractivity contribution is 0.423. The molecule has 106 valence electrons. The van der Waals surface area contributed by atoms with Crippen LogP contribution in [-0.2, 0) is 5.41 Å². The predicted molar refractivity (Wildman–Crippen MR) is 77.9 cm³/mol. The first-order valence-electron chi connectivity index (χ1n) is 7.26. The van der Waals surface area contributed by atoms with Gasteiger partial charge < -0.3 is 10.6 Å². The van der Waals surface area contributed by atoms with Gasteiger partial charge in [0.15, 0.2) is 0 Å². The molecule has 0 amide bonds. The van der Waals surface area contributed by atoms with E-state index in [4.69, 9.17) is 0 Å². The minimum absolute atomic E-state index is 0.103. The van der Waals surface area contributed by atoms with Crippen molar-refractivity contribution in [2.45, 2.75) is 32.1 Å². The molecule has 2 nitrogen and oxygen atoms in total. The van der Waals surface area contributed by atoms with Gasteiger partial charge in [-0.25, -0.2) is 4.39 Å². The highest BCUT2D eigenvalue weighted by molar-refractivity contribution is 5.25. The third kappa shape index (κ3) is 4.02. The maximum Gasteiger partial charge on any atom is 0.126 e. The topological polar surface area (TPSA) is 24.1 Å². The van der Waals surface area contributed by atoms with E-state index in [9.17, 15) is 4.39 Å². The predicted octanol–water partition coefficient (Wildman–Crippen LogP) is 2.69. The van der Waals surface area contributed by atoms with Crippen LogP contribution in [0.25, 0.3) is 0 Å². The lowest BCUT2D eigenvalue weighted by Crippen LogP contribution is -2.34. The second-order valence-electron chi connectivity index (χ2n) is 6.19. The summed E-state index contributed by atoms with van der Waals surface area (Å²) in [5, 5.41) is 6.87. The van der Waals surface area contributed by atoms with Crippen LogP contribution >= 0.6 is 0 Å². The quantitative estimate of drug-likeness (QED) is 0.772. The molecule has 1 heterocycles. The van der Waals surface area contributed by atoms with Gasteiger partial charge in [-0.1, -0.05) is 32.0 Å². The van der Waals surface area contributed by atoms with E-state index in [1.54, 1.807) is 12.1 Å². The monoisotopic (exact) mass is 264 g/mol. The minimum atomic E-state index is -0.167. The van der Waals surface area contributed by atoms with Crippen molar-refractivity contribution < 1.29 is 4.39 Å². The van der Waals surface area contributed by atoms with Crippen LogP contribution in [0, 0.1) is 11.7 Å². The molecule has 1 atom stereocenters. The van der Waals surface area contributed by atoms with Gasteiger partial charge >= 0.3 is 0 Å². The number of hydrogen-bond donors (Lipinski definition) is 2. The second-order valence-corrected chi connectivity index (χ2v) is 6.19. The Morgan fingerprint density at radius 2 is 2.16 bits per heavy atom. The van der Waals surface area contributed by atoms with E-state index in [2.05, 4.69) is 24.5 Å². The Morgan fingerprint density at radius 1 is 1.37 bits per heavy atom. The van der Waals surface area contributed by atoms with E-state index in [1.165, 1.54) is 12.8 Å². The summed E-state index contributed by atoms with van der Waals surface area (Å²) in [6.07, 6.45) is 2.50. The number of hydrogen-bond acceptors (Lipinski definition) is 2. The molecule has 1 aliphatic heterocycles. The normalized spacial score (nSPS) is 19.8. The van der Waals surface area contributed by atoms with Gasteiger partial charge in [-0.05, 0) is 50.0 Å². The molecular weight excluding hydrogens is 239 g/mol. The zero-order chi connectivity index (χ0) is 13.7. The molecule has 3 heteroatoms. The van der Waals surface area contributed by atoms with E-state index in [0.29, 0.717) is 0 Å². The van der Waals surface area contributed by atoms with Crippen LogP contribution in [0.3, 0.4) is 0 Å². The number of halogens is 1. The van der Waals surface area contributed by atoms with Crippen molar-refractivity contribution in [2.24, 2.45) is 5.92 Å². The van der Waals surface area contributed by atoms with Crippen molar-refractivity contribution in [1.29, 1.82) is 0 Å². The molecule has 1 unspecified atom stereocenters. The van der Waals surface area contributed by atoms with Crippen molar-refractivity contribution in [2.75, 3.05) is 26.2 Å². The third-order valence-corrected chi connectivity index (χ3v) is 4.06. The van der Waals surface area contributed by atoms with Crippen molar-refractivity contribution in [3.63, 3.8) is 0 Å². The van der Waals surface area contributed by atoms with Crippen molar-refractivity contribution >= 4 is 0 Å². The average molecular weight is 264 g/mol. The molecule has 1 aromatic carbocycles. The number of rotatable bonds is 6. The molecule has 0 aliphatic carbocycles. The Bertz CT molecular complexity index is 397. The fourth-order valence-electron chi connectivity index (χ4n) is 2.77. The Hall–Kier alpha value is -0.930. The molecule has 1 aliphatic rings. The summed E-state index contributed by atoms with van der Waals surface area (Å²) in [4.78, 5) is 0. The van der Waals surface area contributed by atoms with Crippen molar-refractivity contribution in [3.05, 3.63) is 35.6 Å². The molecular formula is C16H25FN2. The Kier molecular flexibility index (Phi) is 4.94. The molecule has 0 saturated carbocycles. The summed E-state index contributed by atoms with van der Waals surface area (Å²) in [5.74, 6) is 0.707. The van der Waals surface area contributed by atoms with Crippen LogP contribution in [0.4, 0.5) is 4.39 Å². The van der Waals surface area contributed by atoms with Crippen LogP contribution in [0.5, 0.6) is 0 Å². The van der Waals surface area contributed by atoms with E-state index in [-0.39, 0.29) is 11.2 Å². The molecule has 1 aromatic rings. The van der Waals surface area contributed by atoms with Crippen LogP contribution in [0.15, 0.2) is 24.3 Å². The summed E-state index contributed by atoms with van der Waals surface area (Å²) >= 11 is 0. The fourth-order valence-corrected chi connectivity index (χ4v) is 2.77. The SMILES string of the molecule is CC(C)(CNCCC1CCNC1)c1ccccc1F. The van der Waals surface area contributed by atoms with Gasteiger partial charge in [0.25, 0.3) is 0 Å². The minimum Gasteiger partial charge on any atom is -0.316 e. The molecule has 0 aromatic heterocycles. The standard InChI is InChI=1S/C16H25FN2/c1-16(2,14-5-3-4-6-15(14)17)12-19-10-8-13-7-9-18-11-13/h3-6,13,18-19H,7-12H2,1-2H3. The first-order valence-corrected chi connectivity index (χ1v) is 7.26. The van der Waals surface area contributed by atoms with E-state index in [1.807, 2.05) is 12.1 Å². The van der Waals surface area contributed by atoms with Crippen LogP contribution in [0.1, 0.15) is 32.3 Å². The van der Waals surface area contributed by atoms with Gasteiger partial charge in [-0.2, -0.15) is 0 Å². The highest BCUT2D eigenvalue weighted by Crippen LogP contribution is 2.24. The van der Waals surface area contributed by atoms with Gasteiger partial charge in [0.2, 0.25) is 0 Å². The van der Waals surface area contributed by atoms with E-state index in [0.717, 1.165) is 37.7 Å². The van der Waals surface area contributed by atoms with Crippen molar-refractivity contribution in [1.82, 2.24) is 10.6 Å². The zero-order valence-electron chi connectivity index (χ0n) is 12.0. The molecule has 0 spiro atoms. The summed E-state index contributed by atoms with van der Waals surface area (Å²) in [5.41, 5.74) is 0.629. The summed E-state index contributed by atoms with van der Waals surface area (Å²) in [6, 6.07) is 7.08. The highest BCUT2D eigenvalue weighted by atomic mass is 19.1. The second kappa shape index (κ2) is 6.49. The third-order valence-electron chi connectivity index (χ3n) is 4.06. The zero-order valence-corrected chi connectivity index (χ0v) is 12.0. The average Bonchev–Trinajstić information content (AvgIpc) is 2.88. The van der Waals surface area contributed by atoms with E-state index < -0.39 is 0 Å². The lowest BCUT2D eigenvalue weighted by atomic mass is 9.84. The van der Waals surface area contributed by atoms with Crippen LogP contribution in [0.2, 0.25) is 0 Å². The smallest absolute Gasteiger partial charge is 0.126 e. The molecule has 2 rings (SSSR count). The van der Waals surface area contributed by atoms with Gasteiger partial charge in [0.1, 0.15) is 5.82 Å². The first-order chi connectivity index (χ1) is 9.09. The van der Waals surface area contributed by atoms with Gasteiger partial charge in [0.05, 0.1) is 0 Å². The molecule has 0 radical (unpaired) electrons.